The van der Waals surface area contributed by atoms with Gasteiger partial charge in [-0.05, 0) is 12.5 Å². The largest absolute Gasteiger partial charge is 2.00 e. The maximum Gasteiger partial charge on any atom is 2.00 e. The molecule has 0 aliphatic carbocycles. The van der Waals surface area contributed by atoms with E-state index >= 15 is 0 Å². The minimum atomic E-state index is -1.36. The van der Waals surface area contributed by atoms with E-state index in [1.54, 1.807) is 0 Å². The summed E-state index contributed by atoms with van der Waals surface area (Å²) in [5, 5.41) is 67.3. The molecule has 0 spiro atoms. The van der Waals surface area contributed by atoms with Crippen LogP contribution in [-0.4, -0.2) is 151 Å². The SMILES string of the molecule is [CH2-]C[C-](COCC1(CO)COCC(CO)[C@H](O)C1O)OCO[CH-][C@H](O)C[C@H](O)CO.[Ca+2]. The minimum Gasteiger partial charge on any atom is -0.532 e. The molecular formula is C19H35CaO11-. The molecule has 31 heavy (non-hydrogen) atoms. The van der Waals surface area contributed by atoms with Gasteiger partial charge >= 0.3 is 37.7 Å². The molecule has 0 aromatic rings. The van der Waals surface area contributed by atoms with Crippen LogP contribution in [0.15, 0.2) is 0 Å². The zero-order chi connectivity index (χ0) is 22.6. The van der Waals surface area contributed by atoms with E-state index in [0.29, 0.717) is 6.10 Å². The van der Waals surface area contributed by atoms with Crippen molar-refractivity contribution in [3.8, 4) is 0 Å². The molecule has 1 fully saturated rings. The molecule has 180 valence electrons. The zero-order valence-corrected chi connectivity index (χ0v) is 19.9. The Labute approximate surface area is 212 Å². The second-order valence-electron chi connectivity index (χ2n) is 7.40. The number of ether oxygens (including phenoxy) is 4. The van der Waals surface area contributed by atoms with Gasteiger partial charge in [0.2, 0.25) is 0 Å². The van der Waals surface area contributed by atoms with Gasteiger partial charge in [0.25, 0.3) is 0 Å². The third-order valence-electron chi connectivity index (χ3n) is 4.94. The molecule has 0 amide bonds. The summed E-state index contributed by atoms with van der Waals surface area (Å²) in [6.45, 7) is 3.03. The van der Waals surface area contributed by atoms with Crippen LogP contribution in [0, 0.1) is 31.0 Å². The number of aliphatic hydroxyl groups excluding tert-OH is 7. The number of hydrogen-bond acceptors (Lipinski definition) is 11. The normalized spacial score (nSPS) is 28.7. The molecule has 1 heterocycles. The van der Waals surface area contributed by atoms with E-state index in [4.69, 9.17) is 24.1 Å². The van der Waals surface area contributed by atoms with Crippen molar-refractivity contribution < 1.29 is 54.7 Å². The van der Waals surface area contributed by atoms with Crippen LogP contribution >= 0.6 is 0 Å². The first-order valence-electron chi connectivity index (χ1n) is 9.75. The van der Waals surface area contributed by atoms with Gasteiger partial charge in [-0.25, -0.2) is 0 Å². The van der Waals surface area contributed by atoms with Crippen LogP contribution in [-0.2, 0) is 18.9 Å². The Balaban J connectivity index is 0.00000900. The average Bonchev–Trinajstić information content (AvgIpc) is 2.86. The van der Waals surface area contributed by atoms with E-state index in [2.05, 4.69) is 6.92 Å². The van der Waals surface area contributed by atoms with Gasteiger partial charge in [-0.3, -0.25) is 6.42 Å². The standard InChI is InChI=1S/C19H35O11.Ca/c1-2-16(30-12-29-7-15(24)3-14(23)5-21)8-28-11-19(9-22)10-27-6-13(4-20)17(25)18(19)26;/h7,13-15,17-18,20-26H,1-6,8-12H2;/q-3;+2/t13?,14-,15+,17-,18?,19?;/m0./s1. The molecule has 0 aromatic heterocycles. The maximum absolute atomic E-state index is 10.5. The summed E-state index contributed by atoms with van der Waals surface area (Å²) < 4.78 is 21.4. The van der Waals surface area contributed by atoms with Crippen LogP contribution in [0.4, 0.5) is 0 Å². The molecule has 1 aliphatic heterocycles. The number of rotatable bonds is 15. The molecule has 11 nitrogen and oxygen atoms in total. The third-order valence-corrected chi connectivity index (χ3v) is 4.94. The maximum atomic E-state index is 10.5. The summed E-state index contributed by atoms with van der Waals surface area (Å²) in [6.07, 6.45) is -4.20. The van der Waals surface area contributed by atoms with E-state index in [1.807, 2.05) is 0 Å². The predicted molar refractivity (Wildman–Crippen MR) is 108 cm³/mol. The van der Waals surface area contributed by atoms with Crippen molar-refractivity contribution in [3.63, 3.8) is 0 Å². The van der Waals surface area contributed by atoms with Crippen molar-refractivity contribution in [3.05, 3.63) is 19.6 Å². The van der Waals surface area contributed by atoms with Crippen molar-refractivity contribution in [2.75, 3.05) is 53.0 Å². The molecule has 12 heteroatoms. The van der Waals surface area contributed by atoms with Crippen LogP contribution in [0.2, 0.25) is 0 Å². The smallest absolute Gasteiger partial charge is 0.532 e. The molecule has 6 atom stereocenters. The second kappa shape index (κ2) is 17.3. The summed E-state index contributed by atoms with van der Waals surface area (Å²) in [5.74, 6) is -0.666. The van der Waals surface area contributed by atoms with Crippen LogP contribution < -0.4 is 0 Å². The molecule has 0 radical (unpaired) electrons. The van der Waals surface area contributed by atoms with Gasteiger partial charge in [0.1, 0.15) is 0 Å². The van der Waals surface area contributed by atoms with Crippen LogP contribution in [0.3, 0.4) is 0 Å². The number of hydrogen-bond donors (Lipinski definition) is 7. The van der Waals surface area contributed by atoms with E-state index in [0.717, 1.165) is 6.61 Å². The van der Waals surface area contributed by atoms with E-state index in [-0.39, 0.29) is 90.4 Å². The Morgan fingerprint density at radius 2 is 1.94 bits per heavy atom. The Morgan fingerprint density at radius 1 is 1.23 bits per heavy atom. The molecule has 7 N–H and O–H groups in total. The second-order valence-corrected chi connectivity index (χ2v) is 7.40. The third kappa shape index (κ3) is 10.7. The summed E-state index contributed by atoms with van der Waals surface area (Å²) in [6, 6.07) is 0. The molecule has 0 bridgehead atoms. The molecule has 1 saturated heterocycles. The van der Waals surface area contributed by atoms with Gasteiger partial charge in [0.15, 0.2) is 0 Å². The van der Waals surface area contributed by atoms with Gasteiger partial charge in [0.05, 0.1) is 70.2 Å². The quantitative estimate of drug-likeness (QED) is 0.0550. The summed E-state index contributed by atoms with van der Waals surface area (Å²) in [5.41, 5.74) is -1.27. The topological polar surface area (TPSA) is 179 Å². The van der Waals surface area contributed by atoms with Gasteiger partial charge < -0.3 is 61.6 Å². The average molecular weight is 480 g/mol. The Bertz CT molecular complexity index is 447. The Hall–Kier alpha value is 0.820. The Kier molecular flexibility index (Phi) is 17.7. The molecule has 1 rings (SSSR count). The molecule has 0 saturated carbocycles. The Morgan fingerprint density at radius 3 is 2.52 bits per heavy atom. The fourth-order valence-corrected chi connectivity index (χ4v) is 2.92. The number of aliphatic hydroxyl groups is 7. The van der Waals surface area contributed by atoms with Crippen molar-refractivity contribution in [2.24, 2.45) is 11.3 Å². The van der Waals surface area contributed by atoms with Crippen LogP contribution in [0.1, 0.15) is 12.8 Å². The minimum absolute atomic E-state index is 0. The van der Waals surface area contributed by atoms with E-state index < -0.39 is 49.0 Å². The molecule has 0 aromatic carbocycles. The first kappa shape index (κ1) is 31.8. The van der Waals surface area contributed by atoms with Crippen molar-refractivity contribution in [1.82, 2.24) is 0 Å². The van der Waals surface area contributed by atoms with Crippen LogP contribution in [0.5, 0.6) is 0 Å². The van der Waals surface area contributed by atoms with E-state index in [1.165, 1.54) is 0 Å². The van der Waals surface area contributed by atoms with Crippen molar-refractivity contribution in [1.29, 1.82) is 0 Å². The first-order valence-corrected chi connectivity index (χ1v) is 9.75. The van der Waals surface area contributed by atoms with Gasteiger partial charge in [-0.1, -0.05) is 6.61 Å². The fraction of sp³-hybridized carbons (Fsp3) is 0.842. The molecular weight excluding hydrogens is 444 g/mol. The summed E-state index contributed by atoms with van der Waals surface area (Å²) in [4.78, 5) is 0. The van der Waals surface area contributed by atoms with Gasteiger partial charge in [-0.2, -0.15) is 12.7 Å². The molecule has 3 unspecified atom stereocenters. The zero-order valence-electron chi connectivity index (χ0n) is 17.7. The van der Waals surface area contributed by atoms with Gasteiger partial charge in [0, 0.05) is 5.92 Å². The van der Waals surface area contributed by atoms with Crippen LogP contribution in [0.25, 0.3) is 0 Å². The van der Waals surface area contributed by atoms with E-state index in [9.17, 15) is 30.6 Å². The van der Waals surface area contributed by atoms with Crippen molar-refractivity contribution >= 4 is 37.7 Å². The summed E-state index contributed by atoms with van der Waals surface area (Å²) in [7, 11) is 0. The monoisotopic (exact) mass is 479 g/mol. The predicted octanol–water partition coefficient (Wildman–Crippen LogP) is -3.03. The fourth-order valence-electron chi connectivity index (χ4n) is 2.92. The molecule has 1 aliphatic rings. The van der Waals surface area contributed by atoms with Gasteiger partial charge in [-0.15, -0.1) is 0 Å². The van der Waals surface area contributed by atoms with Crippen molar-refractivity contribution in [2.45, 2.75) is 37.3 Å². The summed E-state index contributed by atoms with van der Waals surface area (Å²) >= 11 is 0. The first-order chi connectivity index (χ1) is 14.3.